The first-order chi connectivity index (χ1) is 13.8. The fourth-order valence-electron chi connectivity index (χ4n) is 2.68. The van der Waals surface area contributed by atoms with Gasteiger partial charge in [-0.2, -0.15) is 0 Å². The van der Waals surface area contributed by atoms with E-state index in [1.165, 1.54) is 44.2 Å². The average molecular weight is 433 g/mol. The van der Waals surface area contributed by atoms with E-state index in [-0.39, 0.29) is 23.2 Å². The monoisotopic (exact) mass is 433 g/mol. The summed E-state index contributed by atoms with van der Waals surface area (Å²) in [6, 6.07) is 8.87. The molecule has 150 valence electrons. The zero-order chi connectivity index (χ0) is 21.1. The molecule has 1 aliphatic rings. The minimum absolute atomic E-state index is 0.145. The lowest BCUT2D eigenvalue weighted by atomic mass is 10.1. The standard InChI is InChI=1S/C20H16FNO5S2/c1-11(23)27-18-15(25-2)7-12(8-16(18)26-3)9-17-19(24)22(20(28)29-17)14-6-4-5-13(21)10-14/h4-10H,1-3H3/b17-9+. The highest BCUT2D eigenvalue weighted by atomic mass is 32.2. The molecule has 0 N–H and O–H groups in total. The lowest BCUT2D eigenvalue weighted by Crippen LogP contribution is -2.27. The van der Waals surface area contributed by atoms with Crippen molar-refractivity contribution in [3.8, 4) is 17.2 Å². The Morgan fingerprint density at radius 3 is 2.38 bits per heavy atom. The van der Waals surface area contributed by atoms with E-state index >= 15 is 0 Å². The molecule has 2 aromatic carbocycles. The van der Waals surface area contributed by atoms with Gasteiger partial charge in [-0.25, -0.2) is 4.39 Å². The number of halogens is 1. The van der Waals surface area contributed by atoms with Crippen molar-refractivity contribution in [1.82, 2.24) is 0 Å². The van der Waals surface area contributed by atoms with Crippen molar-refractivity contribution >= 4 is 51.9 Å². The Hall–Kier alpha value is -2.91. The Morgan fingerprint density at radius 1 is 1.17 bits per heavy atom. The molecule has 1 aliphatic heterocycles. The largest absolute Gasteiger partial charge is 0.493 e. The minimum atomic E-state index is -0.523. The van der Waals surface area contributed by atoms with Gasteiger partial charge >= 0.3 is 5.97 Å². The van der Waals surface area contributed by atoms with E-state index in [9.17, 15) is 14.0 Å². The van der Waals surface area contributed by atoms with E-state index in [2.05, 4.69) is 0 Å². The van der Waals surface area contributed by atoms with Crippen molar-refractivity contribution in [3.05, 3.63) is 52.7 Å². The summed E-state index contributed by atoms with van der Waals surface area (Å²) in [5.41, 5.74) is 0.936. The van der Waals surface area contributed by atoms with Gasteiger partial charge < -0.3 is 14.2 Å². The predicted molar refractivity (Wildman–Crippen MR) is 113 cm³/mol. The zero-order valence-electron chi connectivity index (χ0n) is 15.7. The summed E-state index contributed by atoms with van der Waals surface area (Å²) < 4.78 is 29.6. The first kappa shape index (κ1) is 20.8. The summed E-state index contributed by atoms with van der Waals surface area (Å²) in [7, 11) is 2.85. The molecule has 0 spiro atoms. The second-order valence-corrected chi connectivity index (χ2v) is 7.52. The van der Waals surface area contributed by atoms with Crippen LogP contribution in [-0.2, 0) is 9.59 Å². The van der Waals surface area contributed by atoms with Crippen molar-refractivity contribution in [2.45, 2.75) is 6.92 Å². The number of carbonyl (C=O) groups is 2. The maximum absolute atomic E-state index is 13.5. The van der Waals surface area contributed by atoms with Gasteiger partial charge in [0.1, 0.15) is 5.82 Å². The summed E-state index contributed by atoms with van der Waals surface area (Å²) in [6.07, 6.45) is 1.61. The van der Waals surface area contributed by atoms with Gasteiger partial charge in [0, 0.05) is 6.92 Å². The van der Waals surface area contributed by atoms with Crippen LogP contribution >= 0.6 is 24.0 Å². The van der Waals surface area contributed by atoms with Crippen LogP contribution in [0.25, 0.3) is 6.08 Å². The van der Waals surface area contributed by atoms with Gasteiger partial charge in [-0.15, -0.1) is 0 Å². The molecule has 1 heterocycles. The molecule has 2 aromatic rings. The number of benzene rings is 2. The number of nitrogens with zero attached hydrogens (tertiary/aromatic N) is 1. The minimum Gasteiger partial charge on any atom is -0.493 e. The normalized spacial score (nSPS) is 15.0. The maximum Gasteiger partial charge on any atom is 0.308 e. The van der Waals surface area contributed by atoms with E-state index in [1.807, 2.05) is 0 Å². The smallest absolute Gasteiger partial charge is 0.308 e. The van der Waals surface area contributed by atoms with Gasteiger partial charge in [0.2, 0.25) is 5.75 Å². The molecular weight excluding hydrogens is 417 g/mol. The highest BCUT2D eigenvalue weighted by Crippen LogP contribution is 2.41. The second kappa shape index (κ2) is 8.62. The highest BCUT2D eigenvalue weighted by Gasteiger charge is 2.33. The molecule has 0 aromatic heterocycles. The Morgan fingerprint density at radius 2 is 1.83 bits per heavy atom. The van der Waals surface area contributed by atoms with Gasteiger partial charge in [0.05, 0.1) is 24.8 Å². The number of anilines is 1. The van der Waals surface area contributed by atoms with Crippen molar-refractivity contribution in [3.63, 3.8) is 0 Å². The van der Waals surface area contributed by atoms with Crippen LogP contribution in [0.15, 0.2) is 41.3 Å². The number of hydrogen-bond donors (Lipinski definition) is 0. The van der Waals surface area contributed by atoms with Crippen LogP contribution in [0.1, 0.15) is 12.5 Å². The maximum atomic E-state index is 13.5. The SMILES string of the molecule is COc1cc(/C=C2/SC(=S)N(c3cccc(F)c3)C2=O)cc(OC)c1OC(C)=O. The van der Waals surface area contributed by atoms with E-state index in [0.717, 1.165) is 11.8 Å². The fraction of sp³-hybridized carbons (Fsp3) is 0.150. The molecule has 0 unspecified atom stereocenters. The first-order valence-electron chi connectivity index (χ1n) is 8.32. The lowest BCUT2D eigenvalue weighted by molar-refractivity contribution is -0.132. The Bertz CT molecular complexity index is 1010. The summed E-state index contributed by atoms with van der Waals surface area (Å²) in [6.45, 7) is 1.27. The number of thioether (sulfide) groups is 1. The summed E-state index contributed by atoms with van der Waals surface area (Å²) >= 11 is 6.40. The molecular formula is C20H16FNO5S2. The summed E-state index contributed by atoms with van der Waals surface area (Å²) in [4.78, 5) is 25.8. The third-order valence-corrected chi connectivity index (χ3v) is 5.19. The first-order valence-corrected chi connectivity index (χ1v) is 9.54. The van der Waals surface area contributed by atoms with Crippen molar-refractivity contribution in [2.24, 2.45) is 0 Å². The topological polar surface area (TPSA) is 65.1 Å². The van der Waals surface area contributed by atoms with Gasteiger partial charge in [0.15, 0.2) is 15.8 Å². The Labute approximate surface area is 176 Å². The van der Waals surface area contributed by atoms with Crippen LogP contribution in [0.5, 0.6) is 17.2 Å². The van der Waals surface area contributed by atoms with Crippen LogP contribution in [0, 0.1) is 5.82 Å². The number of hydrogen-bond acceptors (Lipinski definition) is 7. The van der Waals surface area contributed by atoms with Gasteiger partial charge in [0.25, 0.3) is 5.91 Å². The summed E-state index contributed by atoms with van der Waals surface area (Å²) in [5.74, 6) is -0.668. The fourth-order valence-corrected chi connectivity index (χ4v) is 3.98. The second-order valence-electron chi connectivity index (χ2n) is 5.85. The van der Waals surface area contributed by atoms with Gasteiger partial charge in [-0.05, 0) is 42.0 Å². The number of methoxy groups -OCH3 is 2. The predicted octanol–water partition coefficient (Wildman–Crippen LogP) is 4.17. The number of carbonyl (C=O) groups excluding carboxylic acids is 2. The molecule has 0 radical (unpaired) electrons. The Kier molecular flexibility index (Phi) is 6.19. The molecule has 6 nitrogen and oxygen atoms in total. The Balaban J connectivity index is 1.99. The average Bonchev–Trinajstić information content (AvgIpc) is 2.95. The quantitative estimate of drug-likeness (QED) is 0.303. The summed E-state index contributed by atoms with van der Waals surface area (Å²) in [5, 5.41) is 0. The molecule has 3 rings (SSSR count). The van der Waals surface area contributed by atoms with Crippen molar-refractivity contribution in [2.75, 3.05) is 19.1 Å². The molecule has 1 saturated heterocycles. The van der Waals surface area contributed by atoms with Crippen LogP contribution in [0.3, 0.4) is 0 Å². The molecule has 1 amide bonds. The molecule has 29 heavy (non-hydrogen) atoms. The van der Waals surface area contributed by atoms with Crippen LogP contribution in [0.2, 0.25) is 0 Å². The molecule has 9 heteroatoms. The lowest BCUT2D eigenvalue weighted by Gasteiger charge is -2.14. The number of ether oxygens (including phenoxy) is 3. The zero-order valence-corrected chi connectivity index (χ0v) is 17.4. The number of amides is 1. The van der Waals surface area contributed by atoms with Gasteiger partial charge in [-0.1, -0.05) is 30.0 Å². The van der Waals surface area contributed by atoms with E-state index in [1.54, 1.807) is 24.3 Å². The van der Waals surface area contributed by atoms with Crippen LogP contribution in [0.4, 0.5) is 10.1 Å². The third kappa shape index (κ3) is 4.41. The van der Waals surface area contributed by atoms with Crippen LogP contribution < -0.4 is 19.1 Å². The molecule has 0 saturated carbocycles. The van der Waals surface area contributed by atoms with E-state index in [4.69, 9.17) is 26.4 Å². The van der Waals surface area contributed by atoms with Crippen molar-refractivity contribution < 1.29 is 28.2 Å². The van der Waals surface area contributed by atoms with E-state index < -0.39 is 11.8 Å². The molecule has 1 fully saturated rings. The number of esters is 1. The number of thiocarbonyl (C=S) groups is 1. The van der Waals surface area contributed by atoms with Gasteiger partial charge in [-0.3, -0.25) is 14.5 Å². The molecule has 0 atom stereocenters. The molecule has 0 bridgehead atoms. The number of rotatable bonds is 5. The van der Waals surface area contributed by atoms with Crippen molar-refractivity contribution in [1.29, 1.82) is 0 Å². The molecule has 0 aliphatic carbocycles. The van der Waals surface area contributed by atoms with E-state index in [0.29, 0.717) is 20.5 Å². The third-order valence-electron chi connectivity index (χ3n) is 3.89. The van der Waals surface area contributed by atoms with Crippen LogP contribution in [-0.4, -0.2) is 30.4 Å². The highest BCUT2D eigenvalue weighted by molar-refractivity contribution is 8.27.